The highest BCUT2D eigenvalue weighted by molar-refractivity contribution is 7.86. The summed E-state index contributed by atoms with van der Waals surface area (Å²) >= 11 is 0. The van der Waals surface area contributed by atoms with Crippen LogP contribution in [-0.4, -0.2) is 66.2 Å². The van der Waals surface area contributed by atoms with Crippen LogP contribution in [0.2, 0.25) is 0 Å². The maximum absolute atomic E-state index is 13.6. The van der Waals surface area contributed by atoms with Crippen LogP contribution in [0.15, 0.2) is 12.7 Å². The van der Waals surface area contributed by atoms with Crippen molar-refractivity contribution in [2.45, 2.75) is 44.0 Å². The van der Waals surface area contributed by atoms with Crippen LogP contribution in [0.1, 0.15) is 20.8 Å². The van der Waals surface area contributed by atoms with Crippen LogP contribution < -0.4 is 0 Å². The van der Waals surface area contributed by atoms with Crippen LogP contribution in [0.4, 0.5) is 22.0 Å². The van der Waals surface area contributed by atoms with Gasteiger partial charge in [-0.2, -0.15) is 22.0 Å². The Morgan fingerprint density at radius 1 is 1.22 bits per heavy atom. The number of halogens is 5. The summed E-state index contributed by atoms with van der Waals surface area (Å²) in [6, 6.07) is -0.918. The van der Waals surface area contributed by atoms with Crippen LogP contribution >= 0.6 is 0 Å². The number of carbonyl (C=O) groups excluding carboxylic acids is 2. The van der Waals surface area contributed by atoms with Crippen LogP contribution in [0, 0.1) is 0 Å². The van der Waals surface area contributed by atoms with Crippen LogP contribution in [0.3, 0.4) is 0 Å². The van der Waals surface area contributed by atoms with Gasteiger partial charge in [0.05, 0.1) is 0 Å². The molecule has 0 bridgehead atoms. The fraction of sp³-hybridized carbons (Fsp3) is 0.692. The number of hydrogen-bond donors (Lipinski definition) is 0. The topological polar surface area (TPSA) is 113 Å². The third-order valence-corrected chi connectivity index (χ3v) is 3.95. The Morgan fingerprint density at radius 3 is 2.00 bits per heavy atom. The molecular weight excluding hydrogens is 409 g/mol. The average molecular weight is 426 g/mol. The van der Waals surface area contributed by atoms with Crippen molar-refractivity contribution < 1.29 is 54.0 Å². The maximum atomic E-state index is 13.6. The molecule has 0 saturated carbocycles. The zero-order valence-electron chi connectivity index (χ0n) is 14.4. The number of esters is 1. The van der Waals surface area contributed by atoms with Gasteiger partial charge in [-0.1, -0.05) is 6.58 Å². The van der Waals surface area contributed by atoms with Gasteiger partial charge < -0.3 is 18.9 Å². The lowest BCUT2D eigenvalue weighted by Gasteiger charge is -2.38. The molecule has 0 aromatic rings. The molecule has 0 radical (unpaired) electrons. The molecule has 0 spiro atoms. The molecule has 0 rings (SSSR count). The molecule has 0 aromatic heterocycles. The maximum Gasteiger partial charge on any atom is 0.466 e. The number of alkyl halides is 5. The lowest BCUT2D eigenvalue weighted by Crippen LogP contribution is -2.64. The van der Waals surface area contributed by atoms with E-state index in [-0.39, 0.29) is 12.6 Å². The summed E-state index contributed by atoms with van der Waals surface area (Å²) < 4.78 is 107. The van der Waals surface area contributed by atoms with Gasteiger partial charge in [-0.05, 0) is 20.8 Å². The van der Waals surface area contributed by atoms with Crippen molar-refractivity contribution in [1.82, 2.24) is 4.90 Å². The van der Waals surface area contributed by atoms with E-state index >= 15 is 0 Å². The Kier molecular flexibility index (Phi) is 7.91. The van der Waals surface area contributed by atoms with E-state index in [4.69, 9.17) is 0 Å². The van der Waals surface area contributed by atoms with E-state index in [1.54, 1.807) is 0 Å². The Balaban J connectivity index is 6.37. The van der Waals surface area contributed by atoms with Gasteiger partial charge in [0.25, 0.3) is 0 Å². The molecule has 0 aliphatic heterocycles. The summed E-state index contributed by atoms with van der Waals surface area (Å²) in [5.74, 6) is -8.58. The van der Waals surface area contributed by atoms with Gasteiger partial charge in [0, 0.05) is 18.7 Å². The number of nitrogens with zero attached hydrogens (tertiary/aromatic N) is 1. The molecular formula is C13H17F5NO7S-. The first-order valence-corrected chi connectivity index (χ1v) is 8.58. The molecule has 14 heteroatoms. The fourth-order valence-electron chi connectivity index (χ4n) is 1.77. The molecule has 1 unspecified atom stereocenters. The molecule has 0 saturated heterocycles. The standard InChI is InChI=1S/C13H18F5NO7S/c1-5-9(20)26-12(13(16,17)18,10(21)19(6-2)8(3)4)25-7-11(14,15)27(22,23)24/h5,8H,1,6-7H2,2-4H3,(H,22,23,24)/p-1. The van der Waals surface area contributed by atoms with Crippen molar-refractivity contribution in [3.05, 3.63) is 12.7 Å². The second-order valence-corrected chi connectivity index (χ2v) is 6.81. The van der Waals surface area contributed by atoms with Gasteiger partial charge in [0.1, 0.15) is 6.61 Å². The predicted octanol–water partition coefficient (Wildman–Crippen LogP) is 1.39. The van der Waals surface area contributed by atoms with Gasteiger partial charge in [-0.3, -0.25) is 4.79 Å². The summed E-state index contributed by atoms with van der Waals surface area (Å²) in [7, 11) is -6.43. The molecule has 0 aromatic carbocycles. The molecule has 27 heavy (non-hydrogen) atoms. The normalized spacial score (nSPS) is 15.2. The number of likely N-dealkylation sites (N-methyl/N-ethyl adjacent to an activating group) is 1. The molecule has 1 amide bonds. The number of carbonyl (C=O) groups is 2. The van der Waals surface area contributed by atoms with E-state index in [1.807, 2.05) is 0 Å². The van der Waals surface area contributed by atoms with Crippen molar-refractivity contribution in [1.29, 1.82) is 0 Å². The Bertz CT molecular complexity index is 677. The molecule has 1 atom stereocenters. The Hall–Kier alpha value is -1.80. The van der Waals surface area contributed by atoms with E-state index in [9.17, 15) is 44.5 Å². The zero-order valence-corrected chi connectivity index (χ0v) is 15.2. The summed E-state index contributed by atoms with van der Waals surface area (Å²) in [5, 5.41) is -5.33. The fourth-order valence-corrected chi connectivity index (χ4v) is 1.97. The quantitative estimate of drug-likeness (QED) is 0.180. The van der Waals surface area contributed by atoms with E-state index < -0.39 is 51.9 Å². The molecule has 8 nitrogen and oxygen atoms in total. The van der Waals surface area contributed by atoms with Crippen molar-refractivity contribution in [2.24, 2.45) is 0 Å². The largest absolute Gasteiger partial charge is 0.743 e. The minimum Gasteiger partial charge on any atom is -0.743 e. The van der Waals surface area contributed by atoms with Gasteiger partial charge >= 0.3 is 29.1 Å². The van der Waals surface area contributed by atoms with Gasteiger partial charge in [0.15, 0.2) is 10.1 Å². The molecule has 0 N–H and O–H groups in total. The third kappa shape index (κ3) is 5.59. The highest BCUT2D eigenvalue weighted by atomic mass is 32.2. The Morgan fingerprint density at radius 2 is 1.70 bits per heavy atom. The first-order chi connectivity index (χ1) is 12.0. The molecule has 158 valence electrons. The molecule has 0 fully saturated rings. The van der Waals surface area contributed by atoms with E-state index in [1.165, 1.54) is 20.8 Å². The highest BCUT2D eigenvalue weighted by Crippen LogP contribution is 2.39. The van der Waals surface area contributed by atoms with Crippen molar-refractivity contribution in [3.63, 3.8) is 0 Å². The minimum atomic E-state index is -6.43. The molecule has 0 aliphatic carbocycles. The second-order valence-electron chi connectivity index (χ2n) is 5.30. The predicted molar refractivity (Wildman–Crippen MR) is 78.2 cm³/mol. The SMILES string of the molecule is C=CC(=O)OC(OCC(F)(F)S(=O)(=O)[O-])(C(=O)N(CC)C(C)C)C(F)(F)F. The summed E-state index contributed by atoms with van der Waals surface area (Å²) in [6.45, 7) is 3.54. The number of amides is 1. The van der Waals surface area contributed by atoms with Gasteiger partial charge in [-0.15, -0.1) is 0 Å². The zero-order chi connectivity index (χ0) is 21.8. The minimum absolute atomic E-state index is 0.200. The van der Waals surface area contributed by atoms with E-state index in [2.05, 4.69) is 16.1 Å². The average Bonchev–Trinajstić information content (AvgIpc) is 2.48. The summed E-state index contributed by atoms with van der Waals surface area (Å²) in [5.41, 5.74) is 0. The summed E-state index contributed by atoms with van der Waals surface area (Å²) in [6.07, 6.45) is -5.71. The number of hydrogen-bond acceptors (Lipinski definition) is 7. The number of rotatable bonds is 9. The summed E-state index contributed by atoms with van der Waals surface area (Å²) in [4.78, 5) is 24.2. The highest BCUT2D eigenvalue weighted by Gasteiger charge is 2.68. The van der Waals surface area contributed by atoms with Crippen LogP contribution in [0.5, 0.6) is 0 Å². The molecule has 0 heterocycles. The Labute approximate surface area is 151 Å². The lowest BCUT2D eigenvalue weighted by molar-refractivity contribution is -0.356. The number of ether oxygens (including phenoxy) is 2. The third-order valence-electron chi connectivity index (χ3n) is 3.10. The second kappa shape index (κ2) is 8.48. The monoisotopic (exact) mass is 426 g/mol. The van der Waals surface area contributed by atoms with Gasteiger partial charge in [-0.25, -0.2) is 13.2 Å². The van der Waals surface area contributed by atoms with E-state index in [0.717, 1.165) is 0 Å². The smallest absolute Gasteiger partial charge is 0.466 e. The first kappa shape index (κ1) is 25.2. The van der Waals surface area contributed by atoms with E-state index in [0.29, 0.717) is 4.90 Å². The van der Waals surface area contributed by atoms with Crippen LogP contribution in [-0.2, 0) is 29.2 Å². The van der Waals surface area contributed by atoms with Crippen LogP contribution in [0.25, 0.3) is 0 Å². The van der Waals surface area contributed by atoms with Crippen molar-refractivity contribution in [2.75, 3.05) is 13.2 Å². The van der Waals surface area contributed by atoms with Gasteiger partial charge in [0.2, 0.25) is 0 Å². The van der Waals surface area contributed by atoms with Crippen molar-refractivity contribution >= 4 is 22.0 Å². The first-order valence-electron chi connectivity index (χ1n) is 7.17. The lowest BCUT2D eigenvalue weighted by atomic mass is 10.1. The molecule has 0 aliphatic rings. The van der Waals surface area contributed by atoms with Crippen molar-refractivity contribution in [3.8, 4) is 0 Å².